The van der Waals surface area contributed by atoms with Crippen LogP contribution >= 0.6 is 0 Å². The number of anilines is 1. The van der Waals surface area contributed by atoms with E-state index < -0.39 is 0 Å². The first-order chi connectivity index (χ1) is 8.33. The molecule has 94 valence electrons. The number of aromatic nitrogens is 1. The van der Waals surface area contributed by atoms with E-state index in [1.807, 2.05) is 18.5 Å². The maximum absolute atomic E-state index is 5.79. The molecule has 0 spiro atoms. The molecule has 1 heterocycles. The van der Waals surface area contributed by atoms with Gasteiger partial charge in [-0.3, -0.25) is 4.98 Å². The maximum Gasteiger partial charge on any atom is 0.0598 e. The summed E-state index contributed by atoms with van der Waals surface area (Å²) in [7, 11) is 2.19. The monoisotopic (exact) mass is 233 g/mol. The van der Waals surface area contributed by atoms with Gasteiger partial charge in [0.1, 0.15) is 0 Å². The molecule has 0 saturated heterocycles. The zero-order valence-electron chi connectivity index (χ0n) is 10.7. The minimum absolute atomic E-state index is 0.592. The Hall–Kier alpha value is -1.09. The van der Waals surface area contributed by atoms with Crippen molar-refractivity contribution in [2.24, 2.45) is 5.73 Å². The lowest BCUT2D eigenvalue weighted by molar-refractivity contribution is 0.551. The van der Waals surface area contributed by atoms with Crippen molar-refractivity contribution < 1.29 is 0 Å². The molecule has 1 aromatic rings. The second kappa shape index (κ2) is 6.01. The summed E-state index contributed by atoms with van der Waals surface area (Å²) < 4.78 is 0. The lowest BCUT2D eigenvalue weighted by atomic mass is 10.1. The lowest BCUT2D eigenvalue weighted by Gasteiger charge is -2.30. The van der Waals surface area contributed by atoms with Gasteiger partial charge in [0, 0.05) is 25.8 Å². The van der Waals surface area contributed by atoms with Gasteiger partial charge < -0.3 is 10.6 Å². The fraction of sp³-hybridized carbons (Fsp3) is 0.643. The van der Waals surface area contributed by atoms with Crippen LogP contribution in [0.15, 0.2) is 18.5 Å². The fourth-order valence-electron chi connectivity index (χ4n) is 2.75. The molecule has 0 bridgehead atoms. The van der Waals surface area contributed by atoms with Crippen LogP contribution in [0.4, 0.5) is 5.69 Å². The van der Waals surface area contributed by atoms with Crippen LogP contribution in [0.1, 0.15) is 44.1 Å². The number of nitrogens with zero attached hydrogens (tertiary/aromatic N) is 2. The molecule has 2 N–H and O–H groups in total. The van der Waals surface area contributed by atoms with E-state index in [1.54, 1.807) is 0 Å². The Bertz CT molecular complexity index is 343. The highest BCUT2D eigenvalue weighted by Gasteiger charge is 2.18. The van der Waals surface area contributed by atoms with E-state index in [4.69, 9.17) is 5.73 Å². The maximum atomic E-state index is 5.79. The van der Waals surface area contributed by atoms with Crippen LogP contribution in [0.2, 0.25) is 0 Å². The number of hydrogen-bond acceptors (Lipinski definition) is 3. The Morgan fingerprint density at radius 2 is 2.00 bits per heavy atom. The van der Waals surface area contributed by atoms with E-state index in [-0.39, 0.29) is 0 Å². The Morgan fingerprint density at radius 1 is 1.29 bits per heavy atom. The van der Waals surface area contributed by atoms with Crippen molar-refractivity contribution in [3.05, 3.63) is 24.0 Å². The minimum atomic E-state index is 0.592. The van der Waals surface area contributed by atoms with Crippen molar-refractivity contribution in [3.8, 4) is 0 Å². The molecule has 1 aromatic heterocycles. The van der Waals surface area contributed by atoms with Crippen molar-refractivity contribution in [2.75, 3.05) is 11.9 Å². The molecule has 2 rings (SSSR count). The summed E-state index contributed by atoms with van der Waals surface area (Å²) >= 11 is 0. The molecule has 1 saturated carbocycles. The average Bonchev–Trinajstić information content (AvgIpc) is 2.66. The molecule has 0 unspecified atom stereocenters. The van der Waals surface area contributed by atoms with Gasteiger partial charge in [-0.05, 0) is 24.5 Å². The zero-order valence-corrected chi connectivity index (χ0v) is 10.7. The third-order valence-electron chi connectivity index (χ3n) is 3.86. The molecule has 3 heteroatoms. The van der Waals surface area contributed by atoms with Crippen molar-refractivity contribution >= 4 is 5.69 Å². The van der Waals surface area contributed by atoms with Crippen LogP contribution in [0, 0.1) is 0 Å². The van der Waals surface area contributed by atoms with Crippen LogP contribution in [-0.4, -0.2) is 18.1 Å². The summed E-state index contributed by atoms with van der Waals surface area (Å²) in [5.41, 5.74) is 8.21. The molecule has 0 aromatic carbocycles. The Morgan fingerprint density at radius 3 is 2.65 bits per heavy atom. The Balaban J connectivity index is 2.14. The molecule has 0 atom stereocenters. The summed E-state index contributed by atoms with van der Waals surface area (Å²) in [6, 6.07) is 2.69. The smallest absolute Gasteiger partial charge is 0.0598 e. The molecule has 1 aliphatic carbocycles. The largest absolute Gasteiger partial charge is 0.370 e. The van der Waals surface area contributed by atoms with Gasteiger partial charge in [-0.15, -0.1) is 0 Å². The lowest BCUT2D eigenvalue weighted by Crippen LogP contribution is -2.32. The predicted molar refractivity (Wildman–Crippen MR) is 72.0 cm³/mol. The van der Waals surface area contributed by atoms with Gasteiger partial charge >= 0.3 is 0 Å². The first-order valence-electron chi connectivity index (χ1n) is 6.68. The molecule has 3 nitrogen and oxygen atoms in total. The predicted octanol–water partition coefficient (Wildman–Crippen LogP) is 2.70. The summed E-state index contributed by atoms with van der Waals surface area (Å²) in [6.07, 6.45) is 11.9. The van der Waals surface area contributed by atoms with E-state index in [1.165, 1.54) is 49.8 Å². The fourth-order valence-corrected chi connectivity index (χ4v) is 2.75. The van der Waals surface area contributed by atoms with Gasteiger partial charge in [-0.1, -0.05) is 25.7 Å². The molecule has 1 fully saturated rings. The Kier molecular flexibility index (Phi) is 4.37. The molecule has 1 aliphatic rings. The van der Waals surface area contributed by atoms with E-state index in [9.17, 15) is 0 Å². The standard InChI is InChI=1S/C14H23N3/c1-17(13-6-4-2-3-5-7-13)14-11-16-9-8-12(14)10-15/h8-9,11,13H,2-7,10,15H2,1H3. The van der Waals surface area contributed by atoms with Crippen LogP contribution in [0.25, 0.3) is 0 Å². The van der Waals surface area contributed by atoms with Crippen molar-refractivity contribution in [1.29, 1.82) is 0 Å². The van der Waals surface area contributed by atoms with Crippen LogP contribution in [0.5, 0.6) is 0 Å². The SMILES string of the molecule is CN(c1cnccc1CN)C1CCCCCC1. The zero-order chi connectivity index (χ0) is 12.1. The number of pyridine rings is 1. The quantitative estimate of drug-likeness (QED) is 0.816. The molecular weight excluding hydrogens is 210 g/mol. The van der Waals surface area contributed by atoms with E-state index >= 15 is 0 Å². The van der Waals surface area contributed by atoms with Gasteiger partial charge in [0.25, 0.3) is 0 Å². The average molecular weight is 233 g/mol. The molecule has 0 radical (unpaired) electrons. The van der Waals surface area contributed by atoms with Gasteiger partial charge in [0.05, 0.1) is 11.9 Å². The second-order valence-corrected chi connectivity index (χ2v) is 4.96. The van der Waals surface area contributed by atoms with Crippen LogP contribution in [-0.2, 0) is 6.54 Å². The first kappa shape index (κ1) is 12.4. The minimum Gasteiger partial charge on any atom is -0.370 e. The Labute approximate surface area is 104 Å². The molecule has 0 aliphatic heterocycles. The van der Waals surface area contributed by atoms with Crippen molar-refractivity contribution in [2.45, 2.75) is 51.1 Å². The highest BCUT2D eigenvalue weighted by Crippen LogP contribution is 2.26. The third-order valence-corrected chi connectivity index (χ3v) is 3.86. The van der Waals surface area contributed by atoms with Gasteiger partial charge in [0.2, 0.25) is 0 Å². The molecule has 0 amide bonds. The summed E-state index contributed by atoms with van der Waals surface area (Å²) in [6.45, 7) is 0.592. The van der Waals surface area contributed by atoms with E-state index in [0.29, 0.717) is 12.6 Å². The summed E-state index contributed by atoms with van der Waals surface area (Å²) in [5.74, 6) is 0. The number of rotatable bonds is 3. The van der Waals surface area contributed by atoms with Crippen LogP contribution < -0.4 is 10.6 Å². The van der Waals surface area contributed by atoms with E-state index in [0.717, 1.165) is 0 Å². The molecule has 17 heavy (non-hydrogen) atoms. The van der Waals surface area contributed by atoms with Crippen molar-refractivity contribution in [3.63, 3.8) is 0 Å². The van der Waals surface area contributed by atoms with Gasteiger partial charge in [-0.25, -0.2) is 0 Å². The van der Waals surface area contributed by atoms with Crippen molar-refractivity contribution in [1.82, 2.24) is 4.98 Å². The van der Waals surface area contributed by atoms with Gasteiger partial charge in [-0.2, -0.15) is 0 Å². The first-order valence-corrected chi connectivity index (χ1v) is 6.68. The van der Waals surface area contributed by atoms with E-state index in [2.05, 4.69) is 16.9 Å². The van der Waals surface area contributed by atoms with Crippen LogP contribution in [0.3, 0.4) is 0 Å². The number of hydrogen-bond donors (Lipinski definition) is 1. The highest BCUT2D eigenvalue weighted by molar-refractivity contribution is 5.51. The second-order valence-electron chi connectivity index (χ2n) is 4.96. The summed E-state index contributed by atoms with van der Waals surface area (Å²) in [4.78, 5) is 6.62. The normalized spacial score (nSPS) is 17.8. The van der Waals surface area contributed by atoms with Gasteiger partial charge in [0.15, 0.2) is 0 Å². The topological polar surface area (TPSA) is 42.2 Å². The third kappa shape index (κ3) is 2.97. The summed E-state index contributed by atoms with van der Waals surface area (Å²) in [5, 5.41) is 0. The molecular formula is C14H23N3. The number of nitrogens with two attached hydrogens (primary N) is 1. The highest BCUT2D eigenvalue weighted by atomic mass is 15.1.